The van der Waals surface area contributed by atoms with Crippen molar-refractivity contribution in [2.45, 2.75) is 20.0 Å². The molecule has 1 atom stereocenters. The third-order valence-corrected chi connectivity index (χ3v) is 3.19. The van der Waals surface area contributed by atoms with Crippen molar-refractivity contribution in [3.63, 3.8) is 0 Å². The first kappa shape index (κ1) is 15.5. The molecule has 0 heterocycles. The minimum atomic E-state index is -0.721. The summed E-state index contributed by atoms with van der Waals surface area (Å²) in [6.07, 6.45) is -0.721. The summed E-state index contributed by atoms with van der Waals surface area (Å²) in [5.41, 5.74) is 0.782. The van der Waals surface area contributed by atoms with Gasteiger partial charge in [0.05, 0.1) is 16.2 Å². The van der Waals surface area contributed by atoms with Crippen LogP contribution in [-0.4, -0.2) is 16.9 Å². The van der Waals surface area contributed by atoms with E-state index in [4.69, 9.17) is 4.74 Å². The van der Waals surface area contributed by atoms with Crippen LogP contribution in [0.3, 0.4) is 0 Å². The predicted molar refractivity (Wildman–Crippen MR) is 83.0 cm³/mol. The molecular weight excluding hydrogens is 284 g/mol. The summed E-state index contributed by atoms with van der Waals surface area (Å²) in [7, 11) is 0. The fraction of sp³-hybridized carbons (Fsp3) is 0.188. The number of rotatable bonds is 5. The third kappa shape index (κ3) is 3.60. The molecule has 6 heteroatoms. The molecule has 0 radical (unpaired) electrons. The second kappa shape index (κ2) is 6.71. The smallest absolute Gasteiger partial charge is 0.274 e. The number of carbonyl (C=O) groups excluding carboxylic acids is 1. The first-order chi connectivity index (χ1) is 10.5. The van der Waals surface area contributed by atoms with Crippen LogP contribution in [-0.2, 0) is 4.79 Å². The lowest BCUT2D eigenvalue weighted by molar-refractivity contribution is -0.385. The Labute approximate surface area is 127 Å². The van der Waals surface area contributed by atoms with Gasteiger partial charge in [-0.2, -0.15) is 0 Å². The summed E-state index contributed by atoms with van der Waals surface area (Å²) in [5, 5.41) is 13.6. The topological polar surface area (TPSA) is 81.5 Å². The molecule has 2 rings (SSSR count). The molecule has 0 spiro atoms. The van der Waals surface area contributed by atoms with Crippen LogP contribution in [0.2, 0.25) is 0 Å². The summed E-state index contributed by atoms with van der Waals surface area (Å²) in [6, 6.07) is 13.5. The summed E-state index contributed by atoms with van der Waals surface area (Å²) >= 11 is 0. The monoisotopic (exact) mass is 300 g/mol. The van der Waals surface area contributed by atoms with E-state index in [1.54, 1.807) is 32.0 Å². The number of nitrogens with zero attached hydrogens (tertiary/aromatic N) is 1. The first-order valence-corrected chi connectivity index (χ1v) is 6.75. The average Bonchev–Trinajstić information content (AvgIpc) is 2.50. The number of benzene rings is 2. The van der Waals surface area contributed by atoms with Crippen LogP contribution in [0.1, 0.15) is 12.5 Å². The summed E-state index contributed by atoms with van der Waals surface area (Å²) < 4.78 is 5.52. The van der Waals surface area contributed by atoms with E-state index >= 15 is 0 Å². The fourth-order valence-electron chi connectivity index (χ4n) is 1.95. The van der Waals surface area contributed by atoms with Crippen molar-refractivity contribution in [2.24, 2.45) is 0 Å². The van der Waals surface area contributed by atoms with Crippen LogP contribution in [0.5, 0.6) is 5.75 Å². The van der Waals surface area contributed by atoms with Gasteiger partial charge in [0.2, 0.25) is 0 Å². The molecule has 0 saturated carbocycles. The number of para-hydroxylation sites is 1. The van der Waals surface area contributed by atoms with Gasteiger partial charge in [-0.1, -0.05) is 24.3 Å². The van der Waals surface area contributed by atoms with Crippen LogP contribution in [0.4, 0.5) is 11.4 Å². The lowest BCUT2D eigenvalue weighted by atomic mass is 10.1. The highest BCUT2D eigenvalue weighted by Crippen LogP contribution is 2.25. The molecule has 0 bridgehead atoms. The number of amides is 1. The molecule has 1 N–H and O–H groups in total. The number of hydrogen-bond acceptors (Lipinski definition) is 4. The number of nitro benzene ring substituents is 1. The van der Waals surface area contributed by atoms with Gasteiger partial charge in [0.15, 0.2) is 6.10 Å². The predicted octanol–water partition coefficient (Wildman–Crippen LogP) is 3.31. The minimum absolute atomic E-state index is 0.0329. The largest absolute Gasteiger partial charge is 0.481 e. The molecule has 1 amide bonds. The molecule has 0 saturated heterocycles. The quantitative estimate of drug-likeness (QED) is 0.678. The maximum absolute atomic E-state index is 12.1. The Balaban J connectivity index is 2.09. The van der Waals surface area contributed by atoms with Crippen molar-refractivity contribution in [1.29, 1.82) is 0 Å². The van der Waals surface area contributed by atoms with Crippen LogP contribution >= 0.6 is 0 Å². The van der Waals surface area contributed by atoms with Crippen molar-refractivity contribution in [2.75, 3.05) is 5.32 Å². The molecule has 0 fully saturated rings. The normalized spacial score (nSPS) is 11.5. The van der Waals surface area contributed by atoms with E-state index < -0.39 is 11.0 Å². The molecule has 0 aliphatic heterocycles. The van der Waals surface area contributed by atoms with Gasteiger partial charge in [-0.15, -0.1) is 0 Å². The van der Waals surface area contributed by atoms with Gasteiger partial charge in [-0.05, 0) is 32.0 Å². The van der Waals surface area contributed by atoms with E-state index in [2.05, 4.69) is 5.32 Å². The van der Waals surface area contributed by atoms with Crippen molar-refractivity contribution in [1.82, 2.24) is 0 Å². The fourth-order valence-corrected chi connectivity index (χ4v) is 1.95. The molecule has 0 aliphatic carbocycles. The standard InChI is InChI=1S/C16H16N2O4/c1-11-14(9-6-10-15(11)18(20)21)17-16(19)12(2)22-13-7-4-3-5-8-13/h3-10,12H,1-2H3,(H,17,19). The van der Waals surface area contributed by atoms with Gasteiger partial charge in [0.25, 0.3) is 11.6 Å². The molecule has 2 aromatic rings. The number of nitro groups is 1. The Morgan fingerprint density at radius 1 is 1.18 bits per heavy atom. The Hall–Kier alpha value is -2.89. The zero-order chi connectivity index (χ0) is 16.1. The highest BCUT2D eigenvalue weighted by atomic mass is 16.6. The molecule has 1 unspecified atom stereocenters. The molecule has 6 nitrogen and oxygen atoms in total. The van der Waals surface area contributed by atoms with Crippen LogP contribution < -0.4 is 10.1 Å². The van der Waals surface area contributed by atoms with Crippen molar-refractivity contribution < 1.29 is 14.5 Å². The van der Waals surface area contributed by atoms with Gasteiger partial charge in [-0.3, -0.25) is 14.9 Å². The molecule has 114 valence electrons. The van der Waals surface area contributed by atoms with E-state index in [0.29, 0.717) is 17.0 Å². The molecular formula is C16H16N2O4. The maximum Gasteiger partial charge on any atom is 0.274 e. The average molecular weight is 300 g/mol. The molecule has 2 aromatic carbocycles. The van der Waals surface area contributed by atoms with E-state index in [-0.39, 0.29) is 11.6 Å². The van der Waals surface area contributed by atoms with Crippen molar-refractivity contribution >= 4 is 17.3 Å². The van der Waals surface area contributed by atoms with E-state index in [9.17, 15) is 14.9 Å². The zero-order valence-corrected chi connectivity index (χ0v) is 12.3. The number of nitrogens with one attached hydrogen (secondary N) is 1. The van der Waals surface area contributed by atoms with Crippen LogP contribution in [0, 0.1) is 17.0 Å². The van der Waals surface area contributed by atoms with Crippen LogP contribution in [0.15, 0.2) is 48.5 Å². The number of anilines is 1. The minimum Gasteiger partial charge on any atom is -0.481 e. The van der Waals surface area contributed by atoms with Gasteiger partial charge < -0.3 is 10.1 Å². The Bertz CT molecular complexity index is 686. The van der Waals surface area contributed by atoms with Gasteiger partial charge in [0.1, 0.15) is 5.75 Å². The molecule has 0 aromatic heterocycles. The van der Waals surface area contributed by atoms with Crippen molar-refractivity contribution in [3.05, 3.63) is 64.2 Å². The number of hydrogen-bond donors (Lipinski definition) is 1. The Kier molecular flexibility index (Phi) is 4.73. The summed E-state index contributed by atoms with van der Waals surface area (Å²) in [6.45, 7) is 3.21. The molecule has 22 heavy (non-hydrogen) atoms. The van der Waals surface area contributed by atoms with Crippen LogP contribution in [0.25, 0.3) is 0 Å². The second-order valence-corrected chi connectivity index (χ2v) is 4.77. The first-order valence-electron chi connectivity index (χ1n) is 6.75. The lowest BCUT2D eigenvalue weighted by Gasteiger charge is -2.15. The van der Waals surface area contributed by atoms with E-state index in [1.165, 1.54) is 12.1 Å². The number of carbonyl (C=O) groups is 1. The Morgan fingerprint density at radius 2 is 1.86 bits per heavy atom. The highest BCUT2D eigenvalue weighted by Gasteiger charge is 2.19. The third-order valence-electron chi connectivity index (χ3n) is 3.19. The Morgan fingerprint density at radius 3 is 2.50 bits per heavy atom. The summed E-state index contributed by atoms with van der Waals surface area (Å²) in [4.78, 5) is 22.6. The maximum atomic E-state index is 12.1. The van der Waals surface area contributed by atoms with E-state index in [1.807, 2.05) is 18.2 Å². The summed E-state index contributed by atoms with van der Waals surface area (Å²) in [5.74, 6) is 0.216. The van der Waals surface area contributed by atoms with Crippen molar-refractivity contribution in [3.8, 4) is 5.75 Å². The second-order valence-electron chi connectivity index (χ2n) is 4.77. The SMILES string of the molecule is Cc1c(NC(=O)C(C)Oc2ccccc2)cccc1[N+](=O)[O-]. The van der Waals surface area contributed by atoms with Gasteiger partial charge >= 0.3 is 0 Å². The van der Waals surface area contributed by atoms with Gasteiger partial charge in [-0.25, -0.2) is 0 Å². The van der Waals surface area contributed by atoms with E-state index in [0.717, 1.165) is 0 Å². The lowest BCUT2D eigenvalue weighted by Crippen LogP contribution is -2.30. The zero-order valence-electron chi connectivity index (χ0n) is 12.3. The van der Waals surface area contributed by atoms with Gasteiger partial charge in [0, 0.05) is 6.07 Å². The number of ether oxygens (including phenoxy) is 1. The molecule has 0 aliphatic rings. The highest BCUT2D eigenvalue weighted by molar-refractivity contribution is 5.95.